The van der Waals surface area contributed by atoms with E-state index in [9.17, 15) is 19.7 Å². The molecule has 0 saturated carbocycles. The molecule has 0 aliphatic carbocycles. The Labute approximate surface area is 145 Å². The number of rotatable bonds is 2. The number of fused-ring (bicyclic) bond motifs is 1. The number of benzene rings is 1. The summed E-state index contributed by atoms with van der Waals surface area (Å²) in [5.41, 5.74) is -0.174. The van der Waals surface area contributed by atoms with Crippen molar-refractivity contribution in [1.82, 2.24) is 0 Å². The maximum atomic E-state index is 12.7. The third-order valence-corrected chi connectivity index (χ3v) is 3.88. The number of nitrogens with zero attached hydrogens (tertiary/aromatic N) is 2. The summed E-state index contributed by atoms with van der Waals surface area (Å²) in [5, 5.41) is 11.2. The number of hydrogen-bond donors (Lipinski definition) is 0. The second kappa shape index (κ2) is 6.70. The predicted molar refractivity (Wildman–Crippen MR) is 90.9 cm³/mol. The zero-order chi connectivity index (χ0) is 18.9. The van der Waals surface area contributed by atoms with Crippen LogP contribution in [0.3, 0.4) is 0 Å². The van der Waals surface area contributed by atoms with Gasteiger partial charge in [-0.05, 0) is 39.2 Å². The van der Waals surface area contributed by atoms with Gasteiger partial charge in [0.25, 0.3) is 0 Å². The number of amides is 2. The third kappa shape index (κ3) is 3.89. The van der Waals surface area contributed by atoms with Crippen LogP contribution in [0.2, 0.25) is 0 Å². The smallest absolute Gasteiger partial charge is 0.421 e. The summed E-state index contributed by atoms with van der Waals surface area (Å²) >= 11 is 0. The molecule has 1 unspecified atom stereocenters. The fraction of sp³-hybridized carbons (Fsp3) is 0.529. The van der Waals surface area contributed by atoms with E-state index in [2.05, 4.69) is 0 Å². The molecule has 0 spiro atoms. The fourth-order valence-electron chi connectivity index (χ4n) is 2.65. The Hall–Kier alpha value is -2.64. The van der Waals surface area contributed by atoms with Gasteiger partial charge in [-0.2, -0.15) is 0 Å². The number of ether oxygens (including phenoxy) is 2. The number of imide groups is 1. The number of nitro groups is 1. The minimum Gasteiger partial charge on any atom is -0.490 e. The van der Waals surface area contributed by atoms with Gasteiger partial charge in [-0.15, -0.1) is 0 Å². The number of nitro benzene ring substituents is 1. The molecule has 0 N–H and O–H groups in total. The molecule has 136 valence electrons. The first-order valence-corrected chi connectivity index (χ1v) is 7.97. The first-order valence-electron chi connectivity index (χ1n) is 7.97. The second-order valence-electron chi connectivity index (χ2n) is 7.00. The molecule has 2 rings (SSSR count). The number of anilines is 1. The maximum absolute atomic E-state index is 12.7. The minimum absolute atomic E-state index is 0.0142. The summed E-state index contributed by atoms with van der Waals surface area (Å²) in [7, 11) is 1.30. The van der Waals surface area contributed by atoms with Gasteiger partial charge in [-0.25, -0.2) is 9.69 Å². The summed E-state index contributed by atoms with van der Waals surface area (Å²) in [4.78, 5) is 37.0. The van der Waals surface area contributed by atoms with Crippen molar-refractivity contribution in [2.75, 3.05) is 12.0 Å². The van der Waals surface area contributed by atoms with Crippen LogP contribution in [-0.4, -0.2) is 29.6 Å². The van der Waals surface area contributed by atoms with Gasteiger partial charge < -0.3 is 9.47 Å². The largest absolute Gasteiger partial charge is 0.490 e. The first-order chi connectivity index (χ1) is 11.5. The second-order valence-corrected chi connectivity index (χ2v) is 7.00. The molecule has 1 heterocycles. The molecular formula is C17H22N2O6. The Bertz CT molecular complexity index is 723. The highest BCUT2D eigenvalue weighted by atomic mass is 16.6. The van der Waals surface area contributed by atoms with Crippen molar-refractivity contribution in [3.05, 3.63) is 27.8 Å². The van der Waals surface area contributed by atoms with Crippen molar-refractivity contribution in [2.45, 2.75) is 46.1 Å². The van der Waals surface area contributed by atoms with Gasteiger partial charge in [0.2, 0.25) is 5.91 Å². The van der Waals surface area contributed by atoms with E-state index in [4.69, 9.17) is 9.47 Å². The summed E-state index contributed by atoms with van der Waals surface area (Å²) < 4.78 is 10.4. The molecule has 1 aliphatic heterocycles. The van der Waals surface area contributed by atoms with Crippen LogP contribution in [0, 0.1) is 16.0 Å². The molecule has 0 saturated heterocycles. The van der Waals surface area contributed by atoms with Crippen LogP contribution in [0.5, 0.6) is 5.75 Å². The molecule has 0 fully saturated rings. The Balaban J connectivity index is 2.61. The van der Waals surface area contributed by atoms with Crippen LogP contribution < -0.4 is 9.64 Å². The lowest BCUT2D eigenvalue weighted by Crippen LogP contribution is -2.43. The van der Waals surface area contributed by atoms with Gasteiger partial charge in [0.15, 0.2) is 5.75 Å². The van der Waals surface area contributed by atoms with Crippen molar-refractivity contribution < 1.29 is 24.0 Å². The summed E-state index contributed by atoms with van der Waals surface area (Å²) in [5.74, 6) is -0.825. The highest BCUT2D eigenvalue weighted by Gasteiger charge is 2.36. The number of methoxy groups -OCH3 is 1. The van der Waals surface area contributed by atoms with Gasteiger partial charge >= 0.3 is 11.8 Å². The lowest BCUT2D eigenvalue weighted by Gasteiger charge is -2.27. The van der Waals surface area contributed by atoms with Crippen LogP contribution in [0.4, 0.5) is 16.2 Å². The number of carbonyl (C=O) groups excluding carboxylic acids is 2. The Morgan fingerprint density at radius 1 is 1.36 bits per heavy atom. The van der Waals surface area contributed by atoms with Crippen molar-refractivity contribution in [2.24, 2.45) is 5.92 Å². The zero-order valence-electron chi connectivity index (χ0n) is 15.0. The number of aryl methyl sites for hydroxylation is 1. The molecule has 1 atom stereocenters. The molecule has 1 aromatic rings. The van der Waals surface area contributed by atoms with Gasteiger partial charge in [0.1, 0.15) is 5.60 Å². The quantitative estimate of drug-likeness (QED) is 0.598. The van der Waals surface area contributed by atoms with Crippen LogP contribution in [0.15, 0.2) is 12.1 Å². The van der Waals surface area contributed by atoms with E-state index in [1.165, 1.54) is 19.2 Å². The Morgan fingerprint density at radius 2 is 2.00 bits per heavy atom. The molecule has 0 radical (unpaired) electrons. The molecule has 25 heavy (non-hydrogen) atoms. The van der Waals surface area contributed by atoms with Gasteiger partial charge in [0, 0.05) is 18.1 Å². The van der Waals surface area contributed by atoms with Crippen molar-refractivity contribution in [1.29, 1.82) is 0 Å². The van der Waals surface area contributed by atoms with Crippen LogP contribution in [-0.2, 0) is 16.0 Å². The Kier molecular flexibility index (Phi) is 5.01. The molecule has 0 aromatic heterocycles. The lowest BCUT2D eigenvalue weighted by atomic mass is 10.0. The molecule has 8 nitrogen and oxygen atoms in total. The number of carbonyl (C=O) groups is 2. The molecule has 2 amide bonds. The van der Waals surface area contributed by atoms with E-state index >= 15 is 0 Å². The maximum Gasteiger partial charge on any atom is 0.421 e. The standard InChI is InChI=1S/C17H22N2O6/c1-10-6-7-11-8-13(19(22)23)14(24-5)9-12(11)18(15(10)20)16(21)25-17(2,3)4/h8-10H,6-7H2,1-5H3. The minimum atomic E-state index is -0.802. The molecule has 0 bridgehead atoms. The summed E-state index contributed by atoms with van der Waals surface area (Å²) in [6.45, 7) is 6.83. The van der Waals surface area contributed by atoms with Gasteiger partial charge in [-0.1, -0.05) is 6.92 Å². The SMILES string of the molecule is COc1cc2c(cc1[N+](=O)[O-])CCC(C)C(=O)N2C(=O)OC(C)(C)C. The van der Waals surface area contributed by atoms with E-state index in [0.29, 0.717) is 18.4 Å². The third-order valence-electron chi connectivity index (χ3n) is 3.88. The van der Waals surface area contributed by atoms with E-state index in [-0.39, 0.29) is 17.1 Å². The molecule has 1 aromatic carbocycles. The fourth-order valence-corrected chi connectivity index (χ4v) is 2.65. The average molecular weight is 350 g/mol. The van der Waals surface area contributed by atoms with Crippen molar-refractivity contribution >= 4 is 23.4 Å². The van der Waals surface area contributed by atoms with Gasteiger partial charge in [-0.3, -0.25) is 14.9 Å². The zero-order valence-corrected chi connectivity index (χ0v) is 15.0. The van der Waals surface area contributed by atoms with Crippen LogP contribution >= 0.6 is 0 Å². The van der Waals surface area contributed by atoms with Gasteiger partial charge in [0.05, 0.1) is 17.7 Å². The van der Waals surface area contributed by atoms with E-state index in [1.54, 1.807) is 27.7 Å². The molecule has 8 heteroatoms. The summed E-state index contributed by atoms with van der Waals surface area (Å²) in [6.07, 6.45) is 0.115. The Morgan fingerprint density at radius 3 is 2.52 bits per heavy atom. The monoisotopic (exact) mass is 350 g/mol. The predicted octanol–water partition coefficient (Wildman–Crippen LogP) is 3.45. The van der Waals surface area contributed by atoms with E-state index < -0.39 is 28.4 Å². The van der Waals surface area contributed by atoms with Crippen molar-refractivity contribution in [3.8, 4) is 5.75 Å². The van der Waals surface area contributed by atoms with E-state index in [1.807, 2.05) is 0 Å². The highest BCUT2D eigenvalue weighted by Crippen LogP contribution is 2.39. The first kappa shape index (κ1) is 18.7. The molecular weight excluding hydrogens is 328 g/mol. The van der Waals surface area contributed by atoms with Crippen molar-refractivity contribution in [3.63, 3.8) is 0 Å². The molecule has 1 aliphatic rings. The van der Waals surface area contributed by atoms with Crippen LogP contribution in [0.25, 0.3) is 0 Å². The highest BCUT2D eigenvalue weighted by molar-refractivity contribution is 6.14. The topological polar surface area (TPSA) is 99.0 Å². The lowest BCUT2D eigenvalue weighted by molar-refractivity contribution is -0.385. The number of hydrogen-bond acceptors (Lipinski definition) is 6. The normalized spacial score (nSPS) is 17.6. The van der Waals surface area contributed by atoms with Crippen LogP contribution in [0.1, 0.15) is 39.7 Å². The average Bonchev–Trinajstić information content (AvgIpc) is 2.61. The van der Waals surface area contributed by atoms with E-state index in [0.717, 1.165) is 4.90 Å². The summed E-state index contributed by atoms with van der Waals surface area (Å²) in [6, 6.07) is 2.71.